The Balaban J connectivity index is 1.16. The Bertz CT molecular complexity index is 818. The predicted molar refractivity (Wildman–Crippen MR) is 122 cm³/mol. The number of piperazine rings is 1. The van der Waals surface area contributed by atoms with Gasteiger partial charge in [-0.2, -0.15) is 5.06 Å². The highest BCUT2D eigenvalue weighted by atomic mass is 16.7. The first kappa shape index (κ1) is 20.9. The van der Waals surface area contributed by atoms with Gasteiger partial charge >= 0.3 is 0 Å². The number of hydrogen-bond acceptors (Lipinski definition) is 4. The molecule has 0 aliphatic carbocycles. The highest BCUT2D eigenvalue weighted by Gasteiger charge is 2.25. The molecule has 4 rings (SSSR count). The minimum Gasteiger partial charge on any atom is -0.369 e. The van der Waals surface area contributed by atoms with Crippen molar-refractivity contribution in [2.75, 3.05) is 49.3 Å². The fourth-order valence-corrected chi connectivity index (χ4v) is 4.49. The number of hydrogen-bond donors (Lipinski definition) is 0. The van der Waals surface area contributed by atoms with Crippen LogP contribution >= 0.6 is 0 Å². The molecule has 5 heteroatoms. The van der Waals surface area contributed by atoms with Crippen molar-refractivity contribution in [3.05, 3.63) is 60.2 Å². The molecule has 0 N–H and O–H groups in total. The number of hydroxylamine groups is 1. The molecule has 1 atom stereocenters. The average Bonchev–Trinajstić information content (AvgIpc) is 2.79. The number of amides is 1. The number of carbonyl (C=O) groups excluding carboxylic acids is 1. The molecule has 2 heterocycles. The monoisotopic (exact) mass is 407 g/mol. The van der Waals surface area contributed by atoms with Crippen LogP contribution in [0.2, 0.25) is 0 Å². The van der Waals surface area contributed by atoms with E-state index in [0.29, 0.717) is 18.9 Å². The summed E-state index contributed by atoms with van der Waals surface area (Å²) in [6.07, 6.45) is 3.42. The normalized spacial score (nSPS) is 18.4. The fourth-order valence-electron chi connectivity index (χ4n) is 4.49. The molecule has 0 saturated carbocycles. The zero-order chi connectivity index (χ0) is 20.8. The van der Waals surface area contributed by atoms with Crippen LogP contribution in [0.1, 0.15) is 31.7 Å². The van der Waals surface area contributed by atoms with Crippen LogP contribution in [0.5, 0.6) is 0 Å². The fraction of sp³-hybridized carbons (Fsp3) is 0.480. The largest absolute Gasteiger partial charge is 0.369 e. The summed E-state index contributed by atoms with van der Waals surface area (Å²) in [5.41, 5.74) is 3.44. The van der Waals surface area contributed by atoms with Gasteiger partial charge in [-0.25, -0.2) is 0 Å². The number of para-hydroxylation sites is 2. The second kappa shape index (κ2) is 10.1. The van der Waals surface area contributed by atoms with Gasteiger partial charge in [0.15, 0.2) is 0 Å². The van der Waals surface area contributed by atoms with E-state index in [9.17, 15) is 4.79 Å². The van der Waals surface area contributed by atoms with Gasteiger partial charge in [-0.05, 0) is 48.9 Å². The van der Waals surface area contributed by atoms with Gasteiger partial charge in [-0.1, -0.05) is 43.3 Å². The molecule has 160 valence electrons. The summed E-state index contributed by atoms with van der Waals surface area (Å²) in [6, 6.07) is 18.7. The van der Waals surface area contributed by atoms with E-state index in [1.54, 1.807) is 0 Å². The maximum Gasteiger partial charge on any atom is 0.251 e. The van der Waals surface area contributed by atoms with E-state index in [0.717, 1.165) is 57.7 Å². The van der Waals surface area contributed by atoms with E-state index in [4.69, 9.17) is 4.84 Å². The Hall–Kier alpha value is -2.37. The van der Waals surface area contributed by atoms with E-state index < -0.39 is 0 Å². The van der Waals surface area contributed by atoms with Gasteiger partial charge in [-0.15, -0.1) is 0 Å². The van der Waals surface area contributed by atoms with Crippen LogP contribution in [0.4, 0.5) is 11.4 Å². The summed E-state index contributed by atoms with van der Waals surface area (Å²) < 4.78 is 0. The Kier molecular flexibility index (Phi) is 7.03. The molecule has 1 saturated heterocycles. The minimum absolute atomic E-state index is 0.0676. The lowest BCUT2D eigenvalue weighted by Gasteiger charge is -2.37. The molecular weight excluding hydrogens is 374 g/mol. The molecule has 1 unspecified atom stereocenters. The minimum atomic E-state index is 0.0676. The Morgan fingerprint density at radius 3 is 2.47 bits per heavy atom. The van der Waals surface area contributed by atoms with Gasteiger partial charge in [0, 0.05) is 44.8 Å². The third kappa shape index (κ3) is 5.21. The molecule has 2 aromatic rings. The van der Waals surface area contributed by atoms with E-state index in [-0.39, 0.29) is 5.91 Å². The second-order valence-corrected chi connectivity index (χ2v) is 8.52. The lowest BCUT2D eigenvalue weighted by atomic mass is 10.0. The topological polar surface area (TPSA) is 36.0 Å². The van der Waals surface area contributed by atoms with Crippen molar-refractivity contribution >= 4 is 17.3 Å². The van der Waals surface area contributed by atoms with Crippen molar-refractivity contribution in [1.29, 1.82) is 0 Å². The van der Waals surface area contributed by atoms with Crippen molar-refractivity contribution in [3.8, 4) is 0 Å². The Labute approximate surface area is 180 Å². The second-order valence-electron chi connectivity index (χ2n) is 8.52. The highest BCUT2D eigenvalue weighted by molar-refractivity contribution is 5.94. The molecule has 1 fully saturated rings. The van der Waals surface area contributed by atoms with Crippen molar-refractivity contribution in [3.63, 3.8) is 0 Å². The van der Waals surface area contributed by atoms with E-state index >= 15 is 0 Å². The van der Waals surface area contributed by atoms with Crippen molar-refractivity contribution in [2.45, 2.75) is 32.6 Å². The summed E-state index contributed by atoms with van der Waals surface area (Å²) >= 11 is 0. The molecule has 0 bridgehead atoms. The van der Waals surface area contributed by atoms with E-state index in [2.05, 4.69) is 53.1 Å². The Morgan fingerprint density at radius 2 is 1.67 bits per heavy atom. The highest BCUT2D eigenvalue weighted by Crippen LogP contribution is 2.27. The molecular formula is C25H33N3O2. The maximum absolute atomic E-state index is 12.3. The molecule has 2 aliphatic rings. The summed E-state index contributed by atoms with van der Waals surface area (Å²) in [7, 11) is 0. The number of rotatable bonds is 8. The van der Waals surface area contributed by atoms with Crippen LogP contribution in [0.25, 0.3) is 0 Å². The first-order chi connectivity index (χ1) is 14.7. The lowest BCUT2D eigenvalue weighted by Crippen LogP contribution is -2.47. The molecule has 0 spiro atoms. The van der Waals surface area contributed by atoms with Gasteiger partial charge in [0.25, 0.3) is 5.91 Å². The number of benzene rings is 2. The zero-order valence-electron chi connectivity index (χ0n) is 18.0. The predicted octanol–water partition coefficient (Wildman–Crippen LogP) is 4.14. The third-order valence-electron chi connectivity index (χ3n) is 6.17. The van der Waals surface area contributed by atoms with Crippen LogP contribution in [0, 0.1) is 5.92 Å². The SMILES string of the molecule is CC(CCCON1C(=O)CCc2ccccc21)CN1CCN(c2ccccc2)CC1. The van der Waals surface area contributed by atoms with E-state index in [1.807, 2.05) is 18.2 Å². The van der Waals surface area contributed by atoms with Gasteiger partial charge in [-0.3, -0.25) is 14.5 Å². The molecule has 2 aromatic carbocycles. The van der Waals surface area contributed by atoms with Gasteiger partial charge in [0.2, 0.25) is 0 Å². The van der Waals surface area contributed by atoms with Crippen LogP contribution < -0.4 is 9.96 Å². The molecule has 5 nitrogen and oxygen atoms in total. The van der Waals surface area contributed by atoms with Crippen molar-refractivity contribution in [2.24, 2.45) is 5.92 Å². The lowest BCUT2D eigenvalue weighted by molar-refractivity contribution is -0.126. The Morgan fingerprint density at radius 1 is 0.933 bits per heavy atom. The summed E-state index contributed by atoms with van der Waals surface area (Å²) in [5.74, 6) is 0.694. The molecule has 0 aromatic heterocycles. The molecule has 30 heavy (non-hydrogen) atoms. The third-order valence-corrected chi connectivity index (χ3v) is 6.17. The van der Waals surface area contributed by atoms with Gasteiger partial charge < -0.3 is 4.90 Å². The van der Waals surface area contributed by atoms with Crippen LogP contribution in [-0.2, 0) is 16.1 Å². The van der Waals surface area contributed by atoms with Crippen LogP contribution in [0.3, 0.4) is 0 Å². The zero-order valence-corrected chi connectivity index (χ0v) is 18.0. The maximum atomic E-state index is 12.3. The number of fused-ring (bicyclic) bond motifs is 1. The number of carbonyl (C=O) groups is 1. The smallest absolute Gasteiger partial charge is 0.251 e. The van der Waals surface area contributed by atoms with Gasteiger partial charge in [0.1, 0.15) is 0 Å². The van der Waals surface area contributed by atoms with Crippen molar-refractivity contribution < 1.29 is 9.63 Å². The van der Waals surface area contributed by atoms with E-state index in [1.165, 1.54) is 16.3 Å². The summed E-state index contributed by atoms with van der Waals surface area (Å²) in [5, 5.41) is 1.52. The number of anilines is 2. The van der Waals surface area contributed by atoms with Gasteiger partial charge in [0.05, 0.1) is 12.3 Å². The van der Waals surface area contributed by atoms with Crippen molar-refractivity contribution in [1.82, 2.24) is 4.90 Å². The van der Waals surface area contributed by atoms with Crippen LogP contribution in [0.15, 0.2) is 54.6 Å². The standard InChI is InChI=1S/C25H33N3O2/c1-21(20-26-15-17-27(18-16-26)23-10-3-2-4-11-23)8-7-19-30-28-24-12-6-5-9-22(24)13-14-25(28)29/h2-6,9-12,21H,7-8,13-20H2,1H3. The first-order valence-electron chi connectivity index (χ1n) is 11.3. The molecule has 2 aliphatic heterocycles. The number of aryl methyl sites for hydroxylation is 1. The first-order valence-corrected chi connectivity index (χ1v) is 11.3. The molecule has 1 amide bonds. The quantitative estimate of drug-likeness (QED) is 0.617. The number of nitrogens with zero attached hydrogens (tertiary/aromatic N) is 3. The summed E-state index contributed by atoms with van der Waals surface area (Å²) in [6.45, 7) is 8.47. The van der Waals surface area contributed by atoms with Crippen LogP contribution in [-0.4, -0.2) is 50.1 Å². The molecule has 0 radical (unpaired) electrons. The summed E-state index contributed by atoms with van der Waals surface area (Å²) in [4.78, 5) is 23.2. The average molecular weight is 408 g/mol.